The van der Waals surface area contributed by atoms with Gasteiger partial charge < -0.3 is 14.8 Å². The van der Waals surface area contributed by atoms with Crippen LogP contribution in [-0.2, 0) is 0 Å². The van der Waals surface area contributed by atoms with Crippen molar-refractivity contribution >= 4 is 0 Å². The molecule has 2 rings (SSSR count). The van der Waals surface area contributed by atoms with Gasteiger partial charge in [0, 0.05) is 31.7 Å². The number of nitrogens with one attached hydrogen (secondary N) is 1. The first kappa shape index (κ1) is 16.1. The molecule has 0 aromatic heterocycles. The molecule has 0 amide bonds. The Bertz CT molecular complexity index is 415. The molecular formula is C17H28N2O2. The van der Waals surface area contributed by atoms with E-state index in [9.17, 15) is 0 Å². The standard InChI is InChI=1S/C17H28N2O2/c1-4-17(5-2)14-18-10-11-19(17)12-13-21-16-8-6-15(20-3)7-9-16/h6-9,18H,4-5,10-14H2,1-3H3. The second kappa shape index (κ2) is 7.66. The molecule has 1 fully saturated rings. The molecule has 0 saturated carbocycles. The summed E-state index contributed by atoms with van der Waals surface area (Å²) in [5.74, 6) is 1.77. The molecule has 21 heavy (non-hydrogen) atoms. The minimum Gasteiger partial charge on any atom is -0.497 e. The van der Waals surface area contributed by atoms with E-state index < -0.39 is 0 Å². The van der Waals surface area contributed by atoms with Crippen LogP contribution < -0.4 is 14.8 Å². The number of ether oxygens (including phenoxy) is 2. The Morgan fingerprint density at radius 3 is 2.43 bits per heavy atom. The van der Waals surface area contributed by atoms with Crippen LogP contribution in [0.4, 0.5) is 0 Å². The number of piperazine rings is 1. The lowest BCUT2D eigenvalue weighted by Gasteiger charge is -2.47. The zero-order valence-electron chi connectivity index (χ0n) is 13.5. The van der Waals surface area contributed by atoms with E-state index in [1.54, 1.807) is 7.11 Å². The molecular weight excluding hydrogens is 264 g/mol. The molecule has 0 spiro atoms. The largest absolute Gasteiger partial charge is 0.497 e. The summed E-state index contributed by atoms with van der Waals surface area (Å²) < 4.78 is 11.0. The molecule has 1 aromatic carbocycles. The number of benzene rings is 1. The van der Waals surface area contributed by atoms with Crippen molar-refractivity contribution in [3.63, 3.8) is 0 Å². The third-order valence-electron chi connectivity index (χ3n) is 4.69. The lowest BCUT2D eigenvalue weighted by molar-refractivity contribution is 0.0403. The van der Waals surface area contributed by atoms with Gasteiger partial charge in [-0.15, -0.1) is 0 Å². The van der Waals surface area contributed by atoms with Gasteiger partial charge in [-0.25, -0.2) is 0 Å². The van der Waals surface area contributed by atoms with Crippen molar-refractivity contribution in [2.45, 2.75) is 32.2 Å². The molecule has 0 unspecified atom stereocenters. The average molecular weight is 292 g/mol. The van der Waals surface area contributed by atoms with E-state index in [4.69, 9.17) is 9.47 Å². The number of nitrogens with zero attached hydrogens (tertiary/aromatic N) is 1. The Morgan fingerprint density at radius 1 is 1.14 bits per heavy atom. The molecule has 0 bridgehead atoms. The molecule has 0 atom stereocenters. The van der Waals surface area contributed by atoms with Gasteiger partial charge in [-0.3, -0.25) is 4.90 Å². The summed E-state index contributed by atoms with van der Waals surface area (Å²) in [4.78, 5) is 2.59. The Balaban J connectivity index is 1.85. The second-order valence-corrected chi connectivity index (χ2v) is 5.62. The lowest BCUT2D eigenvalue weighted by Crippen LogP contribution is -2.61. The molecule has 1 N–H and O–H groups in total. The van der Waals surface area contributed by atoms with E-state index in [0.29, 0.717) is 5.54 Å². The lowest BCUT2D eigenvalue weighted by atomic mass is 9.88. The Labute approximate surface area is 128 Å². The summed E-state index contributed by atoms with van der Waals surface area (Å²) in [7, 11) is 1.68. The Kier molecular flexibility index (Phi) is 5.88. The summed E-state index contributed by atoms with van der Waals surface area (Å²) >= 11 is 0. The molecule has 1 saturated heterocycles. The summed E-state index contributed by atoms with van der Waals surface area (Å²) in [5.41, 5.74) is 0.293. The van der Waals surface area contributed by atoms with Crippen molar-refractivity contribution in [1.82, 2.24) is 10.2 Å². The van der Waals surface area contributed by atoms with Crippen LogP contribution in [0.2, 0.25) is 0 Å². The first-order valence-corrected chi connectivity index (χ1v) is 7.96. The van der Waals surface area contributed by atoms with Crippen molar-refractivity contribution in [3.05, 3.63) is 24.3 Å². The van der Waals surface area contributed by atoms with Crippen molar-refractivity contribution < 1.29 is 9.47 Å². The summed E-state index contributed by atoms with van der Waals surface area (Å²) in [6, 6.07) is 7.79. The van der Waals surface area contributed by atoms with Gasteiger partial charge in [0.15, 0.2) is 0 Å². The van der Waals surface area contributed by atoms with E-state index in [2.05, 4.69) is 24.1 Å². The number of rotatable bonds is 7. The fourth-order valence-electron chi connectivity index (χ4n) is 3.13. The van der Waals surface area contributed by atoms with Crippen LogP contribution in [-0.4, -0.2) is 50.3 Å². The molecule has 1 aliphatic rings. The topological polar surface area (TPSA) is 33.7 Å². The van der Waals surface area contributed by atoms with Crippen molar-refractivity contribution in [2.75, 3.05) is 39.9 Å². The van der Waals surface area contributed by atoms with Crippen molar-refractivity contribution in [2.24, 2.45) is 0 Å². The fourth-order valence-corrected chi connectivity index (χ4v) is 3.13. The highest BCUT2D eigenvalue weighted by Gasteiger charge is 2.35. The first-order valence-electron chi connectivity index (χ1n) is 7.96. The summed E-state index contributed by atoms with van der Waals surface area (Å²) in [6.07, 6.45) is 2.36. The number of hydrogen-bond acceptors (Lipinski definition) is 4. The maximum Gasteiger partial charge on any atom is 0.119 e. The normalized spacial score (nSPS) is 18.4. The highest BCUT2D eigenvalue weighted by molar-refractivity contribution is 5.31. The fraction of sp³-hybridized carbons (Fsp3) is 0.647. The molecule has 118 valence electrons. The van der Waals surface area contributed by atoms with Gasteiger partial charge >= 0.3 is 0 Å². The zero-order chi connectivity index (χ0) is 15.1. The molecule has 1 aliphatic heterocycles. The van der Waals surface area contributed by atoms with Gasteiger partial charge in [0.25, 0.3) is 0 Å². The minimum atomic E-state index is 0.293. The van der Waals surface area contributed by atoms with E-state index in [0.717, 1.165) is 44.3 Å². The van der Waals surface area contributed by atoms with Gasteiger partial charge in [0.1, 0.15) is 18.1 Å². The van der Waals surface area contributed by atoms with Crippen LogP contribution in [0.3, 0.4) is 0 Å². The van der Waals surface area contributed by atoms with Crippen LogP contribution in [0, 0.1) is 0 Å². The molecule has 4 heteroatoms. The van der Waals surface area contributed by atoms with Crippen molar-refractivity contribution in [1.29, 1.82) is 0 Å². The van der Waals surface area contributed by atoms with Crippen LogP contribution in [0.5, 0.6) is 11.5 Å². The predicted octanol–water partition coefficient (Wildman–Crippen LogP) is 2.54. The van der Waals surface area contributed by atoms with Gasteiger partial charge in [0.2, 0.25) is 0 Å². The van der Waals surface area contributed by atoms with E-state index in [-0.39, 0.29) is 0 Å². The highest BCUT2D eigenvalue weighted by Crippen LogP contribution is 2.25. The minimum absolute atomic E-state index is 0.293. The van der Waals surface area contributed by atoms with Crippen molar-refractivity contribution in [3.8, 4) is 11.5 Å². The van der Waals surface area contributed by atoms with Crippen LogP contribution >= 0.6 is 0 Å². The molecule has 0 radical (unpaired) electrons. The van der Waals surface area contributed by atoms with E-state index in [1.807, 2.05) is 24.3 Å². The first-order chi connectivity index (χ1) is 10.2. The maximum absolute atomic E-state index is 5.87. The Hall–Kier alpha value is -1.26. The quantitative estimate of drug-likeness (QED) is 0.837. The number of methoxy groups -OCH3 is 1. The van der Waals surface area contributed by atoms with Gasteiger partial charge in [-0.1, -0.05) is 13.8 Å². The predicted molar refractivity (Wildman–Crippen MR) is 86.2 cm³/mol. The van der Waals surface area contributed by atoms with Crippen LogP contribution in [0.1, 0.15) is 26.7 Å². The third kappa shape index (κ3) is 3.89. The molecule has 0 aliphatic carbocycles. The third-order valence-corrected chi connectivity index (χ3v) is 4.69. The van der Waals surface area contributed by atoms with Crippen LogP contribution in [0.15, 0.2) is 24.3 Å². The Morgan fingerprint density at radius 2 is 1.81 bits per heavy atom. The van der Waals surface area contributed by atoms with E-state index >= 15 is 0 Å². The van der Waals surface area contributed by atoms with Gasteiger partial charge in [-0.2, -0.15) is 0 Å². The summed E-state index contributed by atoms with van der Waals surface area (Å²) in [6.45, 7) is 9.55. The van der Waals surface area contributed by atoms with E-state index in [1.165, 1.54) is 12.8 Å². The average Bonchev–Trinajstić information content (AvgIpc) is 2.56. The SMILES string of the molecule is CCC1(CC)CNCCN1CCOc1ccc(OC)cc1. The van der Waals surface area contributed by atoms with Gasteiger partial charge in [-0.05, 0) is 37.1 Å². The summed E-state index contributed by atoms with van der Waals surface area (Å²) in [5, 5.41) is 3.53. The highest BCUT2D eigenvalue weighted by atomic mass is 16.5. The second-order valence-electron chi connectivity index (χ2n) is 5.62. The van der Waals surface area contributed by atoms with Crippen LogP contribution in [0.25, 0.3) is 0 Å². The molecule has 4 nitrogen and oxygen atoms in total. The smallest absolute Gasteiger partial charge is 0.119 e. The molecule has 1 aromatic rings. The van der Waals surface area contributed by atoms with Gasteiger partial charge in [0.05, 0.1) is 7.11 Å². The monoisotopic (exact) mass is 292 g/mol. The number of hydrogen-bond donors (Lipinski definition) is 1. The molecule has 1 heterocycles. The zero-order valence-corrected chi connectivity index (χ0v) is 13.5. The maximum atomic E-state index is 5.87.